The number of nitrogen functional groups attached to an aromatic ring is 1. The second-order valence-electron chi connectivity index (χ2n) is 4.72. The summed E-state index contributed by atoms with van der Waals surface area (Å²) in [5.74, 6) is -0.403. The van der Waals surface area contributed by atoms with Gasteiger partial charge in [0.05, 0.1) is 11.9 Å². The molecule has 1 aromatic heterocycles. The van der Waals surface area contributed by atoms with Gasteiger partial charge >= 0.3 is 5.97 Å². The second-order valence-corrected chi connectivity index (χ2v) is 4.72. The zero-order valence-electron chi connectivity index (χ0n) is 10.6. The minimum atomic E-state index is -0.966. The molecule has 0 saturated heterocycles. The largest absolute Gasteiger partial charge is 0.478 e. The van der Waals surface area contributed by atoms with Crippen LogP contribution >= 0.6 is 0 Å². The van der Waals surface area contributed by atoms with Crippen LogP contribution in [0.15, 0.2) is 12.3 Å². The van der Waals surface area contributed by atoms with Crippen LogP contribution in [-0.2, 0) is 0 Å². The molecule has 1 heterocycles. The lowest BCUT2D eigenvalue weighted by atomic mass is 10.2. The van der Waals surface area contributed by atoms with E-state index < -0.39 is 5.97 Å². The van der Waals surface area contributed by atoms with Gasteiger partial charge < -0.3 is 15.7 Å². The summed E-state index contributed by atoms with van der Waals surface area (Å²) < 4.78 is 0. The third-order valence-corrected chi connectivity index (χ3v) is 3.13. The number of aromatic nitrogens is 1. The highest BCUT2D eigenvalue weighted by molar-refractivity contribution is 5.94. The Morgan fingerprint density at radius 3 is 2.89 bits per heavy atom. The van der Waals surface area contributed by atoms with E-state index in [0.29, 0.717) is 17.5 Å². The van der Waals surface area contributed by atoms with Crippen LogP contribution in [0.1, 0.15) is 43.0 Å². The molecule has 5 heteroatoms. The summed E-state index contributed by atoms with van der Waals surface area (Å²) in [4.78, 5) is 17.6. The lowest BCUT2D eigenvalue weighted by molar-refractivity contribution is 0.0697. The molecule has 5 nitrogen and oxygen atoms in total. The highest BCUT2D eigenvalue weighted by atomic mass is 16.4. The van der Waals surface area contributed by atoms with Gasteiger partial charge in [0.2, 0.25) is 0 Å². The Kier molecular flexibility index (Phi) is 3.69. The molecular formula is C13H19N3O2. The van der Waals surface area contributed by atoms with E-state index in [1.807, 2.05) is 0 Å². The van der Waals surface area contributed by atoms with E-state index in [2.05, 4.69) is 16.8 Å². The van der Waals surface area contributed by atoms with Crippen molar-refractivity contribution in [2.24, 2.45) is 0 Å². The fraction of sp³-hybridized carbons (Fsp3) is 0.538. The van der Waals surface area contributed by atoms with Gasteiger partial charge in [0.1, 0.15) is 11.4 Å². The molecule has 0 atom stereocenters. The first-order valence-corrected chi connectivity index (χ1v) is 6.39. The number of carbonyl (C=O) groups is 1. The van der Waals surface area contributed by atoms with Gasteiger partial charge in [-0.2, -0.15) is 0 Å². The Bertz CT molecular complexity index is 444. The van der Waals surface area contributed by atoms with Gasteiger partial charge in [-0.25, -0.2) is 9.78 Å². The summed E-state index contributed by atoms with van der Waals surface area (Å²) in [5, 5.41) is 9.24. The molecule has 1 aromatic rings. The Morgan fingerprint density at radius 1 is 1.61 bits per heavy atom. The van der Waals surface area contributed by atoms with Gasteiger partial charge in [0, 0.05) is 12.6 Å². The van der Waals surface area contributed by atoms with E-state index in [1.165, 1.54) is 12.3 Å². The van der Waals surface area contributed by atoms with Crippen LogP contribution in [-0.4, -0.2) is 28.6 Å². The van der Waals surface area contributed by atoms with Gasteiger partial charge in [0.25, 0.3) is 0 Å². The molecule has 98 valence electrons. The van der Waals surface area contributed by atoms with E-state index in [0.717, 1.165) is 32.2 Å². The molecule has 0 amide bonds. The molecule has 0 aromatic carbocycles. The van der Waals surface area contributed by atoms with E-state index in [-0.39, 0.29) is 5.56 Å². The van der Waals surface area contributed by atoms with Crippen LogP contribution in [0.25, 0.3) is 0 Å². The number of hydrogen-bond donors (Lipinski definition) is 2. The summed E-state index contributed by atoms with van der Waals surface area (Å²) in [6, 6.07) is 1.94. The number of aromatic carboxylic acids is 1. The molecule has 0 unspecified atom stereocenters. The smallest absolute Gasteiger partial charge is 0.339 e. The van der Waals surface area contributed by atoms with Crippen molar-refractivity contribution in [1.29, 1.82) is 0 Å². The summed E-state index contributed by atoms with van der Waals surface area (Å²) in [7, 11) is 0. The molecule has 3 N–H and O–H groups in total. The van der Waals surface area contributed by atoms with E-state index in [4.69, 9.17) is 5.73 Å². The Balaban J connectivity index is 2.30. The van der Waals surface area contributed by atoms with Crippen LogP contribution in [0.3, 0.4) is 0 Å². The topological polar surface area (TPSA) is 79.5 Å². The highest BCUT2D eigenvalue weighted by Crippen LogP contribution is 2.33. The predicted octanol–water partition coefficient (Wildman–Crippen LogP) is 2.13. The van der Waals surface area contributed by atoms with Crippen molar-refractivity contribution in [3.63, 3.8) is 0 Å². The predicted molar refractivity (Wildman–Crippen MR) is 70.9 cm³/mol. The van der Waals surface area contributed by atoms with Crippen molar-refractivity contribution in [1.82, 2.24) is 4.98 Å². The van der Waals surface area contributed by atoms with Crippen LogP contribution in [0.2, 0.25) is 0 Å². The number of unbranched alkanes of at least 4 members (excludes halogenated alkanes) is 1. The molecule has 1 aliphatic carbocycles. The van der Waals surface area contributed by atoms with E-state index >= 15 is 0 Å². The lowest BCUT2D eigenvalue weighted by Crippen LogP contribution is -2.29. The molecule has 0 spiro atoms. The molecule has 18 heavy (non-hydrogen) atoms. The fourth-order valence-electron chi connectivity index (χ4n) is 2.04. The number of hydrogen-bond acceptors (Lipinski definition) is 4. The summed E-state index contributed by atoms with van der Waals surface area (Å²) in [6.07, 6.45) is 5.90. The minimum absolute atomic E-state index is 0.206. The summed E-state index contributed by atoms with van der Waals surface area (Å²) in [6.45, 7) is 2.98. The SMILES string of the molecule is CCCCN(c1ncc(N)cc1C(=O)O)C1CC1. The van der Waals surface area contributed by atoms with Crippen molar-refractivity contribution >= 4 is 17.5 Å². The van der Waals surface area contributed by atoms with Gasteiger partial charge in [-0.1, -0.05) is 13.3 Å². The average Bonchev–Trinajstić information content (AvgIpc) is 3.15. The average molecular weight is 249 g/mol. The second kappa shape index (κ2) is 5.25. The van der Waals surface area contributed by atoms with Gasteiger partial charge in [-0.05, 0) is 25.3 Å². The van der Waals surface area contributed by atoms with Crippen molar-refractivity contribution < 1.29 is 9.90 Å². The quantitative estimate of drug-likeness (QED) is 0.807. The maximum absolute atomic E-state index is 11.3. The number of rotatable bonds is 6. The lowest BCUT2D eigenvalue weighted by Gasteiger charge is -2.24. The third kappa shape index (κ3) is 2.72. The standard InChI is InChI=1S/C13H19N3O2/c1-2-3-6-16(10-4-5-10)12-11(13(17)18)7-9(14)8-15-12/h7-8,10H,2-6,14H2,1H3,(H,17,18). The van der Waals surface area contributed by atoms with Crippen LogP contribution in [0.5, 0.6) is 0 Å². The monoisotopic (exact) mass is 249 g/mol. The number of pyridine rings is 1. The Labute approximate surface area is 107 Å². The Morgan fingerprint density at radius 2 is 2.33 bits per heavy atom. The van der Waals surface area contributed by atoms with Crippen molar-refractivity contribution in [3.05, 3.63) is 17.8 Å². The van der Waals surface area contributed by atoms with Crippen LogP contribution in [0.4, 0.5) is 11.5 Å². The molecular weight excluding hydrogens is 230 g/mol. The molecule has 1 aliphatic rings. The van der Waals surface area contributed by atoms with Gasteiger partial charge in [0.15, 0.2) is 0 Å². The summed E-state index contributed by atoms with van der Waals surface area (Å²) >= 11 is 0. The van der Waals surface area contributed by atoms with Crippen molar-refractivity contribution in [2.75, 3.05) is 17.2 Å². The molecule has 1 saturated carbocycles. The first-order valence-electron chi connectivity index (χ1n) is 6.39. The molecule has 0 radical (unpaired) electrons. The van der Waals surface area contributed by atoms with Gasteiger partial charge in [-0.15, -0.1) is 0 Å². The number of nitrogens with zero attached hydrogens (tertiary/aromatic N) is 2. The first-order chi connectivity index (χ1) is 8.63. The summed E-state index contributed by atoms with van der Waals surface area (Å²) in [5.41, 5.74) is 6.21. The maximum atomic E-state index is 11.3. The molecule has 0 aliphatic heterocycles. The zero-order valence-corrected chi connectivity index (χ0v) is 10.6. The number of anilines is 2. The number of nitrogens with two attached hydrogens (primary N) is 1. The van der Waals surface area contributed by atoms with Crippen LogP contribution < -0.4 is 10.6 Å². The minimum Gasteiger partial charge on any atom is -0.478 e. The Hall–Kier alpha value is -1.78. The zero-order chi connectivity index (χ0) is 13.1. The van der Waals surface area contributed by atoms with Crippen molar-refractivity contribution in [3.8, 4) is 0 Å². The molecule has 1 fully saturated rings. The molecule has 2 rings (SSSR count). The fourth-order valence-corrected chi connectivity index (χ4v) is 2.04. The number of carboxylic acid groups (broad SMARTS) is 1. The third-order valence-electron chi connectivity index (χ3n) is 3.13. The first kappa shape index (κ1) is 12.7. The maximum Gasteiger partial charge on any atom is 0.339 e. The van der Waals surface area contributed by atoms with Crippen molar-refractivity contribution in [2.45, 2.75) is 38.6 Å². The van der Waals surface area contributed by atoms with Gasteiger partial charge in [-0.3, -0.25) is 0 Å². The van der Waals surface area contributed by atoms with E-state index in [1.54, 1.807) is 0 Å². The number of carboxylic acids is 1. The van der Waals surface area contributed by atoms with Crippen LogP contribution in [0, 0.1) is 0 Å². The molecule has 0 bridgehead atoms. The normalized spacial score (nSPS) is 14.5. The highest BCUT2D eigenvalue weighted by Gasteiger charge is 2.32. The van der Waals surface area contributed by atoms with E-state index in [9.17, 15) is 9.90 Å².